The van der Waals surface area contributed by atoms with E-state index in [-0.39, 0.29) is 0 Å². The summed E-state index contributed by atoms with van der Waals surface area (Å²) in [4.78, 5) is 0. The number of hydrogen-bond acceptors (Lipinski definition) is 1. The summed E-state index contributed by atoms with van der Waals surface area (Å²) in [6.45, 7) is 4.45. The minimum atomic E-state index is 0.804. The third-order valence-electron chi connectivity index (χ3n) is 4.67. The Hall–Kier alpha value is -0.760. The topological polar surface area (TPSA) is 17.0 Å². The van der Waals surface area contributed by atoms with Crippen molar-refractivity contribution in [1.29, 1.82) is 0 Å². The molecule has 2 aliphatic rings. The van der Waals surface area contributed by atoms with Crippen LogP contribution in [0.15, 0.2) is 18.3 Å². The Labute approximate surface area is 104 Å². The van der Waals surface area contributed by atoms with Gasteiger partial charge < -0.3 is 9.88 Å². The van der Waals surface area contributed by atoms with E-state index in [4.69, 9.17) is 0 Å². The van der Waals surface area contributed by atoms with Gasteiger partial charge in [-0.25, -0.2) is 0 Å². The summed E-state index contributed by atoms with van der Waals surface area (Å²) in [5, 5.41) is 3.79. The summed E-state index contributed by atoms with van der Waals surface area (Å²) in [6.07, 6.45) is 9.32. The second kappa shape index (κ2) is 4.85. The molecule has 1 heterocycles. The molecule has 2 bridgehead atoms. The molecular formula is C15H24N2. The molecule has 0 aliphatic heterocycles. The fourth-order valence-electron chi connectivity index (χ4n) is 3.80. The lowest BCUT2D eigenvalue weighted by Crippen LogP contribution is -2.33. The standard InChI is InChI=1S/C15H24N2/c1-2-7-17-8-3-4-14(17)11-16-15-10-12-5-6-13(15)9-12/h3-4,8,12-13,15-16H,2,5-7,9-11H2,1H3. The Morgan fingerprint density at radius 3 is 3.00 bits per heavy atom. The van der Waals surface area contributed by atoms with Crippen LogP contribution in [0.2, 0.25) is 0 Å². The number of fused-ring (bicyclic) bond motifs is 2. The van der Waals surface area contributed by atoms with E-state index < -0.39 is 0 Å². The minimum Gasteiger partial charge on any atom is -0.350 e. The molecule has 17 heavy (non-hydrogen) atoms. The molecule has 0 radical (unpaired) electrons. The number of nitrogens with one attached hydrogen (secondary N) is 1. The third kappa shape index (κ3) is 2.28. The molecule has 1 aromatic rings. The summed E-state index contributed by atoms with van der Waals surface area (Å²) < 4.78 is 2.39. The van der Waals surface area contributed by atoms with Crippen molar-refractivity contribution in [3.63, 3.8) is 0 Å². The fourth-order valence-corrected chi connectivity index (χ4v) is 3.80. The monoisotopic (exact) mass is 232 g/mol. The van der Waals surface area contributed by atoms with Crippen LogP contribution in [0.25, 0.3) is 0 Å². The molecule has 3 atom stereocenters. The zero-order valence-electron chi connectivity index (χ0n) is 10.9. The number of aryl methyl sites for hydroxylation is 1. The molecule has 0 spiro atoms. The lowest BCUT2D eigenvalue weighted by Gasteiger charge is -2.23. The van der Waals surface area contributed by atoms with Crippen molar-refractivity contribution in [3.05, 3.63) is 24.0 Å². The molecule has 94 valence electrons. The average Bonchev–Trinajstić information content (AvgIpc) is 3.02. The van der Waals surface area contributed by atoms with Crippen LogP contribution in [0.4, 0.5) is 0 Å². The van der Waals surface area contributed by atoms with Crippen LogP contribution in [-0.4, -0.2) is 10.6 Å². The normalized spacial score (nSPS) is 31.2. The van der Waals surface area contributed by atoms with Crippen LogP contribution >= 0.6 is 0 Å². The van der Waals surface area contributed by atoms with E-state index in [1.54, 1.807) is 0 Å². The van der Waals surface area contributed by atoms with E-state index in [1.807, 2.05) is 0 Å². The van der Waals surface area contributed by atoms with Gasteiger partial charge in [0.25, 0.3) is 0 Å². The molecule has 0 saturated heterocycles. The smallest absolute Gasteiger partial charge is 0.0361 e. The van der Waals surface area contributed by atoms with Crippen molar-refractivity contribution < 1.29 is 0 Å². The van der Waals surface area contributed by atoms with Crippen molar-refractivity contribution in [2.24, 2.45) is 11.8 Å². The van der Waals surface area contributed by atoms with E-state index >= 15 is 0 Å². The molecular weight excluding hydrogens is 208 g/mol. The maximum atomic E-state index is 3.79. The predicted molar refractivity (Wildman–Crippen MR) is 70.8 cm³/mol. The first-order chi connectivity index (χ1) is 8.36. The highest BCUT2D eigenvalue weighted by Gasteiger charge is 2.38. The molecule has 0 amide bonds. The Balaban J connectivity index is 1.55. The van der Waals surface area contributed by atoms with E-state index in [0.29, 0.717) is 0 Å². The highest BCUT2D eigenvalue weighted by Crippen LogP contribution is 2.44. The molecule has 1 N–H and O–H groups in total. The molecule has 2 heteroatoms. The average molecular weight is 232 g/mol. The van der Waals surface area contributed by atoms with Gasteiger partial charge in [-0.15, -0.1) is 0 Å². The maximum absolute atomic E-state index is 3.79. The van der Waals surface area contributed by atoms with Gasteiger partial charge in [-0.1, -0.05) is 13.3 Å². The lowest BCUT2D eigenvalue weighted by atomic mass is 9.95. The van der Waals surface area contributed by atoms with Gasteiger partial charge in [-0.05, 0) is 49.7 Å². The fraction of sp³-hybridized carbons (Fsp3) is 0.733. The molecule has 1 aromatic heterocycles. The van der Waals surface area contributed by atoms with Crippen molar-refractivity contribution in [2.75, 3.05) is 0 Å². The van der Waals surface area contributed by atoms with E-state index in [9.17, 15) is 0 Å². The predicted octanol–water partition coefficient (Wildman–Crippen LogP) is 3.18. The van der Waals surface area contributed by atoms with Crippen LogP contribution in [0.3, 0.4) is 0 Å². The maximum Gasteiger partial charge on any atom is 0.0361 e. The Kier molecular flexibility index (Phi) is 3.24. The van der Waals surface area contributed by atoms with Crippen molar-refractivity contribution in [1.82, 2.24) is 9.88 Å². The van der Waals surface area contributed by atoms with Crippen LogP contribution < -0.4 is 5.32 Å². The lowest BCUT2D eigenvalue weighted by molar-refractivity contribution is 0.347. The molecule has 2 fully saturated rings. The van der Waals surface area contributed by atoms with Gasteiger partial charge in [0.1, 0.15) is 0 Å². The van der Waals surface area contributed by atoms with E-state index in [0.717, 1.165) is 31.0 Å². The quantitative estimate of drug-likeness (QED) is 0.825. The van der Waals surface area contributed by atoms with Crippen LogP contribution in [0.5, 0.6) is 0 Å². The number of hydrogen-bond donors (Lipinski definition) is 1. The van der Waals surface area contributed by atoms with Crippen molar-refractivity contribution in [2.45, 2.75) is 58.2 Å². The number of rotatable bonds is 5. The zero-order chi connectivity index (χ0) is 11.7. The van der Waals surface area contributed by atoms with Gasteiger partial charge in [-0.2, -0.15) is 0 Å². The van der Waals surface area contributed by atoms with Crippen LogP contribution in [0.1, 0.15) is 44.7 Å². The first-order valence-corrected chi connectivity index (χ1v) is 7.24. The molecule has 3 unspecified atom stereocenters. The van der Waals surface area contributed by atoms with Gasteiger partial charge in [0.15, 0.2) is 0 Å². The molecule has 2 nitrogen and oxygen atoms in total. The zero-order valence-corrected chi connectivity index (χ0v) is 10.9. The SMILES string of the molecule is CCCn1cccc1CNC1CC2CCC1C2. The minimum absolute atomic E-state index is 0.804. The van der Waals surface area contributed by atoms with Gasteiger partial charge in [-0.3, -0.25) is 0 Å². The Morgan fingerprint density at radius 2 is 2.29 bits per heavy atom. The summed E-state index contributed by atoms with van der Waals surface area (Å²) in [6, 6.07) is 5.24. The second-order valence-corrected chi connectivity index (χ2v) is 5.86. The van der Waals surface area contributed by atoms with Gasteiger partial charge in [0.05, 0.1) is 0 Å². The summed E-state index contributed by atoms with van der Waals surface area (Å²) in [5.74, 6) is 2.02. The first kappa shape index (κ1) is 11.3. The number of aromatic nitrogens is 1. The third-order valence-corrected chi connectivity index (χ3v) is 4.67. The summed E-state index contributed by atoms with van der Waals surface area (Å²) in [7, 11) is 0. The van der Waals surface area contributed by atoms with E-state index in [2.05, 4.69) is 35.1 Å². The molecule has 2 aliphatic carbocycles. The van der Waals surface area contributed by atoms with Crippen molar-refractivity contribution in [3.8, 4) is 0 Å². The van der Waals surface area contributed by atoms with Gasteiger partial charge in [0.2, 0.25) is 0 Å². The second-order valence-electron chi connectivity index (χ2n) is 5.86. The first-order valence-electron chi connectivity index (χ1n) is 7.24. The van der Waals surface area contributed by atoms with Crippen LogP contribution in [0, 0.1) is 11.8 Å². The van der Waals surface area contributed by atoms with E-state index in [1.165, 1.54) is 37.8 Å². The van der Waals surface area contributed by atoms with Crippen molar-refractivity contribution >= 4 is 0 Å². The van der Waals surface area contributed by atoms with Crippen LogP contribution in [-0.2, 0) is 13.1 Å². The summed E-state index contributed by atoms with van der Waals surface area (Å²) >= 11 is 0. The van der Waals surface area contributed by atoms with Gasteiger partial charge >= 0.3 is 0 Å². The highest BCUT2D eigenvalue weighted by molar-refractivity contribution is 5.07. The highest BCUT2D eigenvalue weighted by atomic mass is 15.0. The summed E-state index contributed by atoms with van der Waals surface area (Å²) in [5.41, 5.74) is 1.45. The Bertz CT molecular complexity index is 369. The Morgan fingerprint density at radius 1 is 1.35 bits per heavy atom. The van der Waals surface area contributed by atoms with Gasteiger partial charge in [0, 0.05) is 31.0 Å². The molecule has 0 aromatic carbocycles. The largest absolute Gasteiger partial charge is 0.350 e. The molecule has 3 rings (SSSR count). The number of nitrogens with zero attached hydrogens (tertiary/aromatic N) is 1. The molecule has 2 saturated carbocycles.